The molecule has 88 valence electrons. The Morgan fingerprint density at radius 3 is 2.88 bits per heavy atom. The Morgan fingerprint density at radius 1 is 1.31 bits per heavy atom. The molecule has 0 spiro atoms. The fourth-order valence-corrected chi connectivity index (χ4v) is 2.34. The predicted molar refractivity (Wildman–Crippen MR) is 63.5 cm³/mol. The summed E-state index contributed by atoms with van der Waals surface area (Å²) in [5.74, 6) is 1.57. The number of hydrogen-bond acceptors (Lipinski definition) is 4. The zero-order chi connectivity index (χ0) is 11.5. The summed E-state index contributed by atoms with van der Waals surface area (Å²) in [6.45, 7) is 5.50. The third kappa shape index (κ3) is 2.43. The summed E-state index contributed by atoms with van der Waals surface area (Å²) in [5.41, 5.74) is 0. The van der Waals surface area contributed by atoms with E-state index >= 15 is 0 Å². The number of hydrogen-bond donors (Lipinski definition) is 1. The van der Waals surface area contributed by atoms with Crippen molar-refractivity contribution in [1.29, 1.82) is 0 Å². The molecule has 0 amide bonds. The highest BCUT2D eigenvalue weighted by molar-refractivity contribution is 5.41. The normalized spacial score (nSPS) is 26.5. The van der Waals surface area contributed by atoms with Gasteiger partial charge in [0.05, 0.1) is 0 Å². The summed E-state index contributed by atoms with van der Waals surface area (Å²) in [5, 5.41) is 9.39. The molecule has 4 nitrogen and oxygen atoms in total. The van der Waals surface area contributed by atoms with Crippen LogP contribution in [0.1, 0.15) is 33.1 Å². The summed E-state index contributed by atoms with van der Waals surface area (Å²) >= 11 is 0. The van der Waals surface area contributed by atoms with Crippen molar-refractivity contribution >= 4 is 5.82 Å². The highest BCUT2D eigenvalue weighted by Gasteiger charge is 2.22. The SMILES string of the molecule is CC1CCCC(C)N(c2cc(O)ncn2)C1. The first-order valence-corrected chi connectivity index (χ1v) is 5.94. The first kappa shape index (κ1) is 11.2. The minimum absolute atomic E-state index is 0.0501. The van der Waals surface area contributed by atoms with Crippen molar-refractivity contribution in [2.24, 2.45) is 5.92 Å². The van der Waals surface area contributed by atoms with Gasteiger partial charge in [0.1, 0.15) is 12.1 Å². The number of aromatic hydroxyl groups is 1. The molecule has 0 aromatic carbocycles. The summed E-state index contributed by atoms with van der Waals surface area (Å²) in [6, 6.07) is 2.13. The molecule has 16 heavy (non-hydrogen) atoms. The van der Waals surface area contributed by atoms with E-state index in [0.29, 0.717) is 12.0 Å². The van der Waals surface area contributed by atoms with Gasteiger partial charge in [-0.25, -0.2) is 9.97 Å². The largest absolute Gasteiger partial charge is 0.493 e. The van der Waals surface area contributed by atoms with Gasteiger partial charge in [-0.3, -0.25) is 0 Å². The zero-order valence-corrected chi connectivity index (χ0v) is 9.93. The number of rotatable bonds is 1. The first-order chi connectivity index (χ1) is 7.66. The van der Waals surface area contributed by atoms with Crippen LogP contribution >= 0.6 is 0 Å². The van der Waals surface area contributed by atoms with Crippen molar-refractivity contribution in [1.82, 2.24) is 9.97 Å². The molecule has 0 bridgehead atoms. The van der Waals surface area contributed by atoms with Crippen molar-refractivity contribution in [3.63, 3.8) is 0 Å². The van der Waals surface area contributed by atoms with E-state index in [2.05, 4.69) is 28.7 Å². The molecule has 2 atom stereocenters. The van der Waals surface area contributed by atoms with E-state index in [1.807, 2.05) is 0 Å². The van der Waals surface area contributed by atoms with E-state index in [9.17, 15) is 5.11 Å². The van der Waals surface area contributed by atoms with Gasteiger partial charge in [0, 0.05) is 18.7 Å². The van der Waals surface area contributed by atoms with Crippen LogP contribution in [0, 0.1) is 5.92 Å². The molecule has 1 fully saturated rings. The Morgan fingerprint density at radius 2 is 2.12 bits per heavy atom. The number of nitrogens with zero attached hydrogens (tertiary/aromatic N) is 3. The lowest BCUT2D eigenvalue weighted by atomic mass is 10.1. The van der Waals surface area contributed by atoms with Gasteiger partial charge in [-0.2, -0.15) is 0 Å². The van der Waals surface area contributed by atoms with E-state index in [-0.39, 0.29) is 5.88 Å². The zero-order valence-electron chi connectivity index (χ0n) is 9.93. The van der Waals surface area contributed by atoms with Gasteiger partial charge in [0.2, 0.25) is 5.88 Å². The number of anilines is 1. The van der Waals surface area contributed by atoms with Crippen LogP contribution in [0.3, 0.4) is 0 Å². The Labute approximate surface area is 96.3 Å². The highest BCUT2D eigenvalue weighted by Crippen LogP contribution is 2.25. The average molecular weight is 221 g/mol. The van der Waals surface area contributed by atoms with Crippen LogP contribution in [0.2, 0.25) is 0 Å². The van der Waals surface area contributed by atoms with Gasteiger partial charge >= 0.3 is 0 Å². The predicted octanol–water partition coefficient (Wildman–Crippen LogP) is 2.20. The van der Waals surface area contributed by atoms with Crippen molar-refractivity contribution < 1.29 is 5.11 Å². The van der Waals surface area contributed by atoms with Crippen molar-refractivity contribution in [3.8, 4) is 5.88 Å². The average Bonchev–Trinajstić information content (AvgIpc) is 2.41. The fourth-order valence-electron chi connectivity index (χ4n) is 2.34. The van der Waals surface area contributed by atoms with E-state index in [1.54, 1.807) is 6.07 Å². The molecule has 1 saturated heterocycles. The van der Waals surface area contributed by atoms with E-state index in [4.69, 9.17) is 0 Å². The van der Waals surface area contributed by atoms with Crippen LogP contribution in [0.4, 0.5) is 5.82 Å². The molecule has 2 unspecified atom stereocenters. The lowest BCUT2D eigenvalue weighted by Gasteiger charge is -2.29. The minimum atomic E-state index is 0.0501. The van der Waals surface area contributed by atoms with Crippen molar-refractivity contribution in [2.75, 3.05) is 11.4 Å². The minimum Gasteiger partial charge on any atom is -0.493 e. The molecule has 1 aliphatic heterocycles. The standard InChI is InChI=1S/C12H19N3O/c1-9-4-3-5-10(2)15(7-9)11-6-12(16)14-8-13-11/h6,8-10H,3-5,7H2,1-2H3,(H,13,14,16). The molecule has 2 heterocycles. The van der Waals surface area contributed by atoms with Crippen LogP contribution in [0.5, 0.6) is 5.88 Å². The maximum Gasteiger partial charge on any atom is 0.215 e. The van der Waals surface area contributed by atoms with Crippen LogP contribution in [0.25, 0.3) is 0 Å². The molecule has 0 saturated carbocycles. The summed E-state index contributed by atoms with van der Waals surface area (Å²) < 4.78 is 0. The Bertz CT molecular complexity index is 356. The topological polar surface area (TPSA) is 49.2 Å². The maximum absolute atomic E-state index is 9.39. The molecular weight excluding hydrogens is 202 g/mol. The van der Waals surface area contributed by atoms with Gasteiger partial charge in [-0.05, 0) is 25.7 Å². The molecule has 1 aromatic heterocycles. The van der Waals surface area contributed by atoms with Gasteiger partial charge < -0.3 is 10.0 Å². The van der Waals surface area contributed by atoms with Gasteiger partial charge in [0.25, 0.3) is 0 Å². The second-order valence-electron chi connectivity index (χ2n) is 4.77. The van der Waals surface area contributed by atoms with Crippen LogP contribution < -0.4 is 4.90 Å². The van der Waals surface area contributed by atoms with E-state index in [1.165, 1.54) is 25.6 Å². The van der Waals surface area contributed by atoms with E-state index in [0.717, 1.165) is 12.4 Å². The van der Waals surface area contributed by atoms with Gasteiger partial charge in [-0.1, -0.05) is 13.3 Å². The lowest BCUT2D eigenvalue weighted by Crippen LogP contribution is -2.35. The second kappa shape index (κ2) is 4.68. The Hall–Kier alpha value is -1.32. The third-order valence-corrected chi connectivity index (χ3v) is 3.29. The molecule has 4 heteroatoms. The fraction of sp³-hybridized carbons (Fsp3) is 0.667. The second-order valence-corrected chi connectivity index (χ2v) is 4.77. The van der Waals surface area contributed by atoms with Crippen LogP contribution in [0.15, 0.2) is 12.4 Å². The molecule has 2 rings (SSSR count). The highest BCUT2D eigenvalue weighted by atomic mass is 16.3. The molecule has 1 N–H and O–H groups in total. The summed E-state index contributed by atoms with van der Waals surface area (Å²) in [4.78, 5) is 10.2. The van der Waals surface area contributed by atoms with Crippen molar-refractivity contribution in [3.05, 3.63) is 12.4 Å². The lowest BCUT2D eigenvalue weighted by molar-refractivity contribution is 0.450. The molecule has 0 aliphatic carbocycles. The van der Waals surface area contributed by atoms with Crippen molar-refractivity contribution in [2.45, 2.75) is 39.2 Å². The molecule has 1 aromatic rings. The number of aromatic nitrogens is 2. The molecule has 0 radical (unpaired) electrons. The maximum atomic E-state index is 9.39. The monoisotopic (exact) mass is 221 g/mol. The van der Waals surface area contributed by atoms with Gasteiger partial charge in [-0.15, -0.1) is 0 Å². The Balaban J connectivity index is 2.22. The molecular formula is C12H19N3O. The smallest absolute Gasteiger partial charge is 0.215 e. The Kier molecular flexibility index (Phi) is 3.27. The molecule has 1 aliphatic rings. The van der Waals surface area contributed by atoms with Crippen LogP contribution in [-0.2, 0) is 0 Å². The summed E-state index contributed by atoms with van der Waals surface area (Å²) in [6.07, 6.45) is 5.16. The quantitative estimate of drug-likeness (QED) is 0.789. The first-order valence-electron chi connectivity index (χ1n) is 5.94. The third-order valence-electron chi connectivity index (χ3n) is 3.29. The van der Waals surface area contributed by atoms with Crippen LogP contribution in [-0.4, -0.2) is 27.7 Å². The van der Waals surface area contributed by atoms with Gasteiger partial charge in [0.15, 0.2) is 0 Å². The summed E-state index contributed by atoms with van der Waals surface area (Å²) in [7, 11) is 0. The van der Waals surface area contributed by atoms with E-state index < -0.39 is 0 Å².